The van der Waals surface area contributed by atoms with Gasteiger partial charge in [0, 0.05) is 0 Å². The minimum Gasteiger partial charge on any atom is -0.496 e. The Kier molecular flexibility index (Phi) is 5.74. The number of carbonyl (C=O) groups excluding carboxylic acids is 1. The molecule has 1 heterocycles. The second kappa shape index (κ2) is 8.38. The normalized spacial score (nSPS) is 11.4. The van der Waals surface area contributed by atoms with Crippen molar-refractivity contribution in [3.05, 3.63) is 54.1 Å². The van der Waals surface area contributed by atoms with Crippen LogP contribution in [-0.4, -0.2) is 28.5 Å². The summed E-state index contributed by atoms with van der Waals surface area (Å²) in [5.41, 5.74) is 1.55. The number of ether oxygens (including phenoxy) is 1. The van der Waals surface area contributed by atoms with Gasteiger partial charge >= 0.3 is 0 Å². The van der Waals surface area contributed by atoms with Gasteiger partial charge in [0.2, 0.25) is 5.91 Å². The molecule has 0 aliphatic rings. The number of benzene rings is 2. The minimum absolute atomic E-state index is 0.264. The van der Waals surface area contributed by atoms with Gasteiger partial charge in [-0.25, -0.2) is 0 Å². The van der Waals surface area contributed by atoms with Crippen LogP contribution in [0.25, 0.3) is 11.5 Å². The molecule has 27 heavy (non-hydrogen) atoms. The highest BCUT2D eigenvalue weighted by molar-refractivity contribution is 8.00. The van der Waals surface area contributed by atoms with E-state index in [-0.39, 0.29) is 11.1 Å². The Balaban J connectivity index is 1.70. The van der Waals surface area contributed by atoms with Gasteiger partial charge in [0.15, 0.2) is 0 Å². The van der Waals surface area contributed by atoms with Crippen LogP contribution in [0.2, 0.25) is 0 Å². The zero-order chi connectivity index (χ0) is 19.2. The van der Waals surface area contributed by atoms with Crippen LogP contribution in [0.3, 0.4) is 0 Å². The molecule has 7 nitrogen and oxygen atoms in total. The fraction of sp³-hybridized carbons (Fsp3) is 0.158. The van der Waals surface area contributed by atoms with Crippen LogP contribution in [0, 0.1) is 11.3 Å². The Bertz CT molecular complexity index is 996. The molecule has 136 valence electrons. The zero-order valence-corrected chi connectivity index (χ0v) is 15.5. The van der Waals surface area contributed by atoms with Gasteiger partial charge in [0.25, 0.3) is 11.1 Å². The molecule has 3 rings (SSSR count). The zero-order valence-electron chi connectivity index (χ0n) is 14.7. The first kappa shape index (κ1) is 18.5. The third-order valence-corrected chi connectivity index (χ3v) is 4.63. The van der Waals surface area contributed by atoms with Crippen molar-refractivity contribution >= 4 is 23.4 Å². The standard InChI is InChI=1S/C19H16N4O3S/c1-12(17(24)21-15-9-5-3-7-13(15)11-20)27-19-23-22-18(26-19)14-8-4-6-10-16(14)25-2/h3-10,12H,1-2H3,(H,21,24). The van der Waals surface area contributed by atoms with Crippen molar-refractivity contribution in [1.29, 1.82) is 5.26 Å². The Hall–Kier alpha value is -3.31. The molecule has 1 N–H and O–H groups in total. The van der Waals surface area contributed by atoms with Gasteiger partial charge in [0.05, 0.1) is 29.2 Å². The molecular weight excluding hydrogens is 364 g/mol. The number of hydrogen-bond donors (Lipinski definition) is 1. The van der Waals surface area contributed by atoms with Crippen molar-refractivity contribution in [2.45, 2.75) is 17.4 Å². The fourth-order valence-corrected chi connectivity index (χ4v) is 3.00. The second-order valence-corrected chi connectivity index (χ2v) is 6.77. The van der Waals surface area contributed by atoms with Crippen LogP contribution in [0.15, 0.2) is 58.2 Å². The van der Waals surface area contributed by atoms with E-state index in [2.05, 4.69) is 15.5 Å². The molecule has 0 bridgehead atoms. The summed E-state index contributed by atoms with van der Waals surface area (Å²) in [6.45, 7) is 1.72. The van der Waals surface area contributed by atoms with Crippen molar-refractivity contribution < 1.29 is 13.9 Å². The summed E-state index contributed by atoms with van der Waals surface area (Å²) >= 11 is 1.14. The van der Waals surface area contributed by atoms with Crippen molar-refractivity contribution in [3.63, 3.8) is 0 Å². The summed E-state index contributed by atoms with van der Waals surface area (Å²) in [6.07, 6.45) is 0. The summed E-state index contributed by atoms with van der Waals surface area (Å²) in [4.78, 5) is 12.4. The van der Waals surface area contributed by atoms with Crippen molar-refractivity contribution in [2.24, 2.45) is 0 Å². The maximum atomic E-state index is 12.4. The summed E-state index contributed by atoms with van der Waals surface area (Å²) in [6, 6.07) is 16.2. The molecule has 0 aliphatic carbocycles. The lowest BCUT2D eigenvalue weighted by atomic mass is 10.2. The molecule has 0 radical (unpaired) electrons. The first-order chi connectivity index (χ1) is 13.1. The summed E-state index contributed by atoms with van der Waals surface area (Å²) in [7, 11) is 1.57. The van der Waals surface area contributed by atoms with Crippen molar-refractivity contribution in [2.75, 3.05) is 12.4 Å². The molecule has 1 aromatic heterocycles. The van der Waals surface area contributed by atoms with E-state index in [0.29, 0.717) is 28.5 Å². The Labute approximate surface area is 160 Å². The number of nitrogens with zero attached hydrogens (tertiary/aromatic N) is 3. The van der Waals surface area contributed by atoms with Gasteiger partial charge in [-0.1, -0.05) is 36.0 Å². The van der Waals surface area contributed by atoms with Gasteiger partial charge < -0.3 is 14.5 Å². The molecule has 0 saturated heterocycles. The topological polar surface area (TPSA) is 101 Å². The smallest absolute Gasteiger partial charge is 0.277 e. The van der Waals surface area contributed by atoms with E-state index in [0.717, 1.165) is 11.8 Å². The van der Waals surface area contributed by atoms with E-state index in [1.165, 1.54) is 0 Å². The van der Waals surface area contributed by atoms with Crippen LogP contribution in [-0.2, 0) is 4.79 Å². The molecule has 3 aromatic rings. The predicted molar refractivity (Wildman–Crippen MR) is 101 cm³/mol. The summed E-state index contributed by atoms with van der Waals surface area (Å²) in [5.74, 6) is 0.675. The number of amides is 1. The third-order valence-electron chi connectivity index (χ3n) is 3.70. The lowest BCUT2D eigenvalue weighted by Gasteiger charge is -2.10. The molecule has 1 unspecified atom stereocenters. The lowest BCUT2D eigenvalue weighted by molar-refractivity contribution is -0.115. The molecule has 8 heteroatoms. The molecule has 1 atom stereocenters. The van der Waals surface area contributed by atoms with E-state index < -0.39 is 5.25 Å². The number of para-hydroxylation sites is 2. The first-order valence-electron chi connectivity index (χ1n) is 8.06. The van der Waals surface area contributed by atoms with E-state index in [9.17, 15) is 4.79 Å². The number of anilines is 1. The van der Waals surface area contributed by atoms with Crippen LogP contribution >= 0.6 is 11.8 Å². The van der Waals surface area contributed by atoms with E-state index in [1.807, 2.05) is 24.3 Å². The van der Waals surface area contributed by atoms with Crippen LogP contribution in [0.5, 0.6) is 5.75 Å². The number of methoxy groups -OCH3 is 1. The molecular formula is C19H16N4O3S. The average molecular weight is 380 g/mol. The number of rotatable bonds is 6. The summed E-state index contributed by atoms with van der Waals surface area (Å²) < 4.78 is 10.9. The monoisotopic (exact) mass is 380 g/mol. The molecule has 0 aliphatic heterocycles. The quantitative estimate of drug-likeness (QED) is 0.650. The number of hydrogen-bond acceptors (Lipinski definition) is 7. The number of nitrogens with one attached hydrogen (secondary N) is 1. The Morgan fingerprint density at radius 3 is 2.74 bits per heavy atom. The van der Waals surface area contributed by atoms with Crippen LogP contribution < -0.4 is 10.1 Å². The molecule has 0 fully saturated rings. The van der Waals surface area contributed by atoms with Crippen LogP contribution in [0.1, 0.15) is 12.5 Å². The minimum atomic E-state index is -0.497. The molecule has 0 spiro atoms. The van der Waals surface area contributed by atoms with Gasteiger partial charge in [0.1, 0.15) is 11.8 Å². The van der Waals surface area contributed by atoms with Crippen molar-refractivity contribution in [1.82, 2.24) is 10.2 Å². The predicted octanol–water partition coefficient (Wildman–Crippen LogP) is 3.74. The highest BCUT2D eigenvalue weighted by atomic mass is 32.2. The first-order valence-corrected chi connectivity index (χ1v) is 8.94. The number of carbonyl (C=O) groups is 1. The maximum absolute atomic E-state index is 12.4. The number of nitriles is 1. The Morgan fingerprint density at radius 1 is 1.22 bits per heavy atom. The van der Waals surface area contributed by atoms with Crippen molar-refractivity contribution in [3.8, 4) is 23.3 Å². The molecule has 2 aromatic carbocycles. The molecule has 1 amide bonds. The second-order valence-electron chi connectivity index (χ2n) is 5.48. The largest absolute Gasteiger partial charge is 0.496 e. The third kappa shape index (κ3) is 4.27. The molecule has 0 saturated carbocycles. The van der Waals surface area contributed by atoms with E-state index >= 15 is 0 Å². The number of aromatic nitrogens is 2. The lowest BCUT2D eigenvalue weighted by Crippen LogP contribution is -2.22. The average Bonchev–Trinajstić information content (AvgIpc) is 3.16. The van der Waals surface area contributed by atoms with E-state index in [4.69, 9.17) is 14.4 Å². The maximum Gasteiger partial charge on any atom is 0.277 e. The van der Waals surface area contributed by atoms with Gasteiger partial charge in [-0.15, -0.1) is 10.2 Å². The van der Waals surface area contributed by atoms with Crippen LogP contribution in [0.4, 0.5) is 5.69 Å². The Morgan fingerprint density at radius 2 is 1.96 bits per heavy atom. The van der Waals surface area contributed by atoms with Gasteiger partial charge in [-0.2, -0.15) is 5.26 Å². The summed E-state index contributed by atoms with van der Waals surface area (Å²) in [5, 5.41) is 19.6. The highest BCUT2D eigenvalue weighted by Crippen LogP contribution is 2.31. The fourth-order valence-electron chi connectivity index (χ4n) is 2.32. The SMILES string of the molecule is COc1ccccc1-c1nnc(SC(C)C(=O)Nc2ccccc2C#N)o1. The van der Waals surface area contributed by atoms with Gasteiger partial charge in [-0.05, 0) is 31.2 Å². The van der Waals surface area contributed by atoms with Gasteiger partial charge in [-0.3, -0.25) is 4.79 Å². The van der Waals surface area contributed by atoms with E-state index in [1.54, 1.807) is 44.4 Å². The number of thioether (sulfide) groups is 1. The highest BCUT2D eigenvalue weighted by Gasteiger charge is 2.20.